The lowest BCUT2D eigenvalue weighted by Crippen LogP contribution is -2.14. The molecule has 9 heteroatoms. The summed E-state index contributed by atoms with van der Waals surface area (Å²) in [4.78, 5) is 10.2. The van der Waals surface area contributed by atoms with Gasteiger partial charge in [-0.05, 0) is 35.4 Å². The SMILES string of the molecule is O=[N+]([O-])C(=Cc1ccc(O)c(O)c1)S(=O)(=O)Cc1ccc(Cl)cc1. The van der Waals surface area contributed by atoms with Gasteiger partial charge in [-0.3, -0.25) is 10.1 Å². The highest BCUT2D eigenvalue weighted by Crippen LogP contribution is 2.27. The number of nitro groups is 1. The minimum absolute atomic E-state index is 0.0664. The van der Waals surface area contributed by atoms with E-state index in [1.54, 1.807) is 0 Å². The molecule has 0 atom stereocenters. The van der Waals surface area contributed by atoms with Gasteiger partial charge in [0, 0.05) is 11.1 Å². The normalized spacial score (nSPS) is 12.1. The molecule has 0 aliphatic heterocycles. The van der Waals surface area contributed by atoms with E-state index in [0.29, 0.717) is 10.6 Å². The third-order valence-corrected chi connectivity index (χ3v) is 4.93. The van der Waals surface area contributed by atoms with E-state index in [4.69, 9.17) is 11.6 Å². The third kappa shape index (κ3) is 4.24. The monoisotopic (exact) mass is 369 g/mol. The Morgan fingerprint density at radius 3 is 2.29 bits per heavy atom. The lowest BCUT2D eigenvalue weighted by molar-refractivity contribution is -0.410. The lowest BCUT2D eigenvalue weighted by Gasteiger charge is -2.04. The number of nitrogens with zero attached hydrogens (tertiary/aromatic N) is 1. The van der Waals surface area contributed by atoms with E-state index in [9.17, 15) is 28.7 Å². The highest BCUT2D eigenvalue weighted by Gasteiger charge is 2.29. The lowest BCUT2D eigenvalue weighted by atomic mass is 10.2. The van der Waals surface area contributed by atoms with E-state index in [2.05, 4.69) is 0 Å². The van der Waals surface area contributed by atoms with Crippen molar-refractivity contribution < 1.29 is 23.6 Å². The second-order valence-electron chi connectivity index (χ2n) is 4.87. The average molecular weight is 370 g/mol. The van der Waals surface area contributed by atoms with Gasteiger partial charge in [-0.25, -0.2) is 8.42 Å². The third-order valence-electron chi connectivity index (χ3n) is 3.06. The molecule has 0 aliphatic carbocycles. The van der Waals surface area contributed by atoms with Crippen molar-refractivity contribution in [2.24, 2.45) is 0 Å². The Balaban J connectivity index is 2.41. The number of halogens is 1. The van der Waals surface area contributed by atoms with E-state index in [-0.39, 0.29) is 5.56 Å². The highest BCUT2D eigenvalue weighted by molar-refractivity contribution is 7.94. The molecule has 0 unspecified atom stereocenters. The summed E-state index contributed by atoms with van der Waals surface area (Å²) in [6.07, 6.45) is 0.824. The molecule has 0 aromatic heterocycles. The van der Waals surface area contributed by atoms with Crippen molar-refractivity contribution in [1.82, 2.24) is 0 Å². The summed E-state index contributed by atoms with van der Waals surface area (Å²) >= 11 is 5.72. The molecule has 0 heterocycles. The smallest absolute Gasteiger partial charge is 0.360 e. The fourth-order valence-corrected chi connectivity index (χ4v) is 3.35. The Morgan fingerprint density at radius 2 is 1.75 bits per heavy atom. The fraction of sp³-hybridized carbons (Fsp3) is 0.0667. The van der Waals surface area contributed by atoms with E-state index in [1.807, 2.05) is 0 Å². The predicted octanol–water partition coefficient (Wildman–Crippen LogP) is 2.94. The van der Waals surface area contributed by atoms with Gasteiger partial charge in [0.25, 0.3) is 0 Å². The van der Waals surface area contributed by atoms with Crippen molar-refractivity contribution in [2.75, 3.05) is 0 Å². The number of phenols is 2. The summed E-state index contributed by atoms with van der Waals surface area (Å²) in [6.45, 7) is 0. The summed E-state index contributed by atoms with van der Waals surface area (Å²) in [6, 6.07) is 9.27. The molecule has 7 nitrogen and oxygen atoms in total. The molecule has 0 bridgehead atoms. The summed E-state index contributed by atoms with van der Waals surface area (Å²) in [5.74, 6) is -1.50. The molecule has 2 N–H and O–H groups in total. The molecule has 24 heavy (non-hydrogen) atoms. The molecular weight excluding hydrogens is 358 g/mol. The molecule has 0 fully saturated rings. The van der Waals surface area contributed by atoms with Crippen LogP contribution < -0.4 is 0 Å². The Bertz CT molecular complexity index is 906. The summed E-state index contributed by atoms with van der Waals surface area (Å²) in [7, 11) is -4.23. The van der Waals surface area contributed by atoms with Gasteiger partial charge in [0.05, 0.1) is 10.7 Å². The van der Waals surface area contributed by atoms with E-state index >= 15 is 0 Å². The van der Waals surface area contributed by atoms with Crippen molar-refractivity contribution in [1.29, 1.82) is 0 Å². The molecule has 0 spiro atoms. The maximum atomic E-state index is 12.3. The van der Waals surface area contributed by atoms with E-state index in [0.717, 1.165) is 18.2 Å². The number of aromatic hydroxyl groups is 2. The summed E-state index contributed by atoms with van der Waals surface area (Å²) in [5, 5.41) is 29.2. The number of sulfone groups is 1. The van der Waals surface area contributed by atoms with Crippen molar-refractivity contribution in [2.45, 2.75) is 5.75 Å². The van der Waals surface area contributed by atoms with Crippen molar-refractivity contribution in [3.05, 3.63) is 73.8 Å². The largest absolute Gasteiger partial charge is 0.504 e. The van der Waals surface area contributed by atoms with Crippen LogP contribution in [0.15, 0.2) is 47.5 Å². The zero-order valence-corrected chi connectivity index (χ0v) is 13.7. The van der Waals surface area contributed by atoms with Gasteiger partial charge in [-0.2, -0.15) is 0 Å². The number of hydrogen-bond acceptors (Lipinski definition) is 6. The summed E-state index contributed by atoms with van der Waals surface area (Å²) in [5.41, 5.74) is 0.414. The molecule has 0 saturated heterocycles. The van der Waals surface area contributed by atoms with Crippen LogP contribution in [0.1, 0.15) is 11.1 Å². The molecule has 0 saturated carbocycles. The van der Waals surface area contributed by atoms with Gasteiger partial charge in [0.1, 0.15) is 0 Å². The molecular formula is C15H12ClNO6S. The van der Waals surface area contributed by atoms with Gasteiger partial charge in [-0.1, -0.05) is 29.8 Å². The molecule has 126 valence electrons. The first kappa shape index (κ1) is 17.8. The van der Waals surface area contributed by atoms with Gasteiger partial charge in [0.2, 0.25) is 9.84 Å². The first-order valence-corrected chi connectivity index (χ1v) is 8.57. The molecule has 0 amide bonds. The van der Waals surface area contributed by atoms with Crippen LogP contribution in [0.2, 0.25) is 5.02 Å². The second kappa shape index (κ2) is 6.90. The van der Waals surface area contributed by atoms with E-state index in [1.165, 1.54) is 30.3 Å². The van der Waals surface area contributed by atoms with Crippen molar-refractivity contribution in [3.63, 3.8) is 0 Å². The zero-order valence-electron chi connectivity index (χ0n) is 12.1. The Labute approximate surface area is 142 Å². The maximum absolute atomic E-state index is 12.3. The Hall–Kier alpha value is -2.58. The van der Waals surface area contributed by atoms with Gasteiger partial charge in [-0.15, -0.1) is 0 Å². The van der Waals surface area contributed by atoms with Gasteiger partial charge >= 0.3 is 5.03 Å². The van der Waals surface area contributed by atoms with Gasteiger partial charge < -0.3 is 10.2 Å². The predicted molar refractivity (Wildman–Crippen MR) is 88.8 cm³/mol. The van der Waals surface area contributed by atoms with Gasteiger partial charge in [0.15, 0.2) is 11.5 Å². The molecule has 2 aromatic rings. The van der Waals surface area contributed by atoms with Crippen LogP contribution in [0.3, 0.4) is 0 Å². The zero-order chi connectivity index (χ0) is 17.9. The number of hydrogen-bond donors (Lipinski definition) is 2. The Morgan fingerprint density at radius 1 is 1.12 bits per heavy atom. The van der Waals surface area contributed by atoms with Crippen LogP contribution in [0.4, 0.5) is 0 Å². The Kier molecular flexibility index (Phi) is 5.10. The van der Waals surface area contributed by atoms with Crippen LogP contribution in [0.25, 0.3) is 6.08 Å². The molecule has 2 aromatic carbocycles. The average Bonchev–Trinajstić information content (AvgIpc) is 2.50. The second-order valence-corrected chi connectivity index (χ2v) is 7.25. The quantitative estimate of drug-likeness (QED) is 0.475. The highest BCUT2D eigenvalue weighted by atomic mass is 35.5. The molecule has 0 aliphatic rings. The van der Waals surface area contributed by atoms with E-state index < -0.39 is 37.0 Å². The minimum Gasteiger partial charge on any atom is -0.504 e. The first-order chi connectivity index (χ1) is 11.2. The standard InChI is InChI=1S/C15H12ClNO6S/c16-12-4-1-10(2-5-12)9-24(22,23)15(17(20)21)8-11-3-6-13(18)14(19)7-11/h1-8,18-19H,9H2. The maximum Gasteiger partial charge on any atom is 0.360 e. The number of benzene rings is 2. The minimum atomic E-state index is -4.23. The fourth-order valence-electron chi connectivity index (χ4n) is 1.90. The number of phenolic OH excluding ortho intramolecular Hbond substituents is 2. The van der Waals surface area contributed by atoms with Crippen LogP contribution in [-0.4, -0.2) is 23.6 Å². The molecule has 0 radical (unpaired) electrons. The van der Waals surface area contributed by atoms with Crippen molar-refractivity contribution in [3.8, 4) is 11.5 Å². The van der Waals surface area contributed by atoms with Crippen LogP contribution >= 0.6 is 11.6 Å². The molecule has 2 rings (SSSR count). The first-order valence-electron chi connectivity index (χ1n) is 6.54. The van der Waals surface area contributed by atoms with Crippen molar-refractivity contribution >= 4 is 27.5 Å². The summed E-state index contributed by atoms with van der Waals surface area (Å²) < 4.78 is 24.7. The number of rotatable bonds is 5. The topological polar surface area (TPSA) is 118 Å². The van der Waals surface area contributed by atoms with Crippen LogP contribution in [-0.2, 0) is 15.6 Å². The van der Waals surface area contributed by atoms with Crippen LogP contribution in [0, 0.1) is 10.1 Å². The van der Waals surface area contributed by atoms with Crippen LogP contribution in [0.5, 0.6) is 11.5 Å².